The predicted molar refractivity (Wildman–Crippen MR) is 111 cm³/mol. The van der Waals surface area contributed by atoms with Gasteiger partial charge in [-0.25, -0.2) is 4.79 Å². The molecule has 4 rings (SSSR count). The predicted octanol–water partition coefficient (Wildman–Crippen LogP) is 1.39. The Morgan fingerprint density at radius 1 is 1.03 bits per heavy atom. The summed E-state index contributed by atoms with van der Waals surface area (Å²) >= 11 is 0. The first-order chi connectivity index (χ1) is 14.5. The molecule has 0 radical (unpaired) electrons. The van der Waals surface area contributed by atoms with Crippen molar-refractivity contribution in [1.82, 2.24) is 10.2 Å². The Bertz CT molecular complexity index is 994. The van der Waals surface area contributed by atoms with Crippen LogP contribution in [0.2, 0.25) is 0 Å². The van der Waals surface area contributed by atoms with E-state index in [9.17, 15) is 19.2 Å². The summed E-state index contributed by atoms with van der Waals surface area (Å²) in [7, 11) is 0. The maximum atomic E-state index is 12.8. The number of fused-ring (bicyclic) bond motifs is 1. The van der Waals surface area contributed by atoms with Gasteiger partial charge in [0.25, 0.3) is 0 Å². The third-order valence-corrected chi connectivity index (χ3v) is 5.05. The second kappa shape index (κ2) is 8.24. The number of imide groups is 1. The number of anilines is 3. The highest BCUT2D eigenvalue weighted by atomic mass is 16.2. The smallest absolute Gasteiger partial charge is 0.324 e. The van der Waals surface area contributed by atoms with Gasteiger partial charge in [0.1, 0.15) is 6.04 Å². The lowest BCUT2D eigenvalue weighted by atomic mass is 10.0. The first-order valence-corrected chi connectivity index (χ1v) is 9.62. The van der Waals surface area contributed by atoms with E-state index in [0.29, 0.717) is 23.6 Å². The highest BCUT2D eigenvalue weighted by molar-refractivity contribution is 6.08. The van der Waals surface area contributed by atoms with Gasteiger partial charge in [0.2, 0.25) is 17.7 Å². The number of carbonyl (C=O) groups is 4. The molecule has 9 nitrogen and oxygen atoms in total. The zero-order chi connectivity index (χ0) is 21.1. The molecule has 2 aliphatic heterocycles. The van der Waals surface area contributed by atoms with Crippen molar-refractivity contribution in [3.05, 3.63) is 54.6 Å². The quantitative estimate of drug-likeness (QED) is 0.694. The number of hydrogen-bond acceptors (Lipinski definition) is 5. The molecule has 0 saturated carbocycles. The van der Waals surface area contributed by atoms with Gasteiger partial charge in [-0.1, -0.05) is 30.3 Å². The Morgan fingerprint density at radius 2 is 1.77 bits per heavy atom. The van der Waals surface area contributed by atoms with Crippen molar-refractivity contribution >= 4 is 40.8 Å². The summed E-state index contributed by atoms with van der Waals surface area (Å²) in [6, 6.07) is 14.7. The van der Waals surface area contributed by atoms with Crippen molar-refractivity contribution in [3.63, 3.8) is 0 Å². The van der Waals surface area contributed by atoms with Gasteiger partial charge in [-0.3, -0.25) is 19.3 Å². The summed E-state index contributed by atoms with van der Waals surface area (Å²) in [5.41, 5.74) is 1.80. The third-order valence-electron chi connectivity index (χ3n) is 5.05. The molecule has 0 bridgehead atoms. The van der Waals surface area contributed by atoms with Crippen LogP contribution in [0.3, 0.4) is 0 Å². The van der Waals surface area contributed by atoms with Gasteiger partial charge >= 0.3 is 6.03 Å². The summed E-state index contributed by atoms with van der Waals surface area (Å²) in [6.45, 7) is 0.476. The molecular formula is C21H21N5O4. The highest BCUT2D eigenvalue weighted by Gasteiger charge is 2.37. The van der Waals surface area contributed by atoms with E-state index in [0.717, 1.165) is 4.90 Å². The van der Waals surface area contributed by atoms with Crippen molar-refractivity contribution < 1.29 is 19.2 Å². The van der Waals surface area contributed by atoms with Crippen molar-refractivity contribution in [1.29, 1.82) is 0 Å². The van der Waals surface area contributed by atoms with Crippen LogP contribution >= 0.6 is 0 Å². The van der Waals surface area contributed by atoms with E-state index in [1.54, 1.807) is 53.4 Å². The van der Waals surface area contributed by atoms with Crippen LogP contribution in [0.25, 0.3) is 0 Å². The number of carbonyl (C=O) groups excluding carboxylic acids is 4. The van der Waals surface area contributed by atoms with Gasteiger partial charge in [-0.2, -0.15) is 0 Å². The van der Waals surface area contributed by atoms with E-state index in [2.05, 4.69) is 16.0 Å². The molecule has 5 amide bonds. The number of benzene rings is 2. The lowest BCUT2D eigenvalue weighted by molar-refractivity contribution is -0.127. The van der Waals surface area contributed by atoms with Crippen molar-refractivity contribution in [2.75, 3.05) is 35.2 Å². The minimum absolute atomic E-state index is 0.144. The lowest BCUT2D eigenvalue weighted by Gasteiger charge is -2.37. The van der Waals surface area contributed by atoms with Gasteiger partial charge in [0, 0.05) is 18.8 Å². The molecule has 2 aromatic carbocycles. The average Bonchev–Trinajstić information content (AvgIpc) is 3.17. The molecular weight excluding hydrogens is 386 g/mol. The molecule has 1 fully saturated rings. The molecule has 2 aromatic rings. The van der Waals surface area contributed by atoms with Crippen LogP contribution < -0.4 is 20.9 Å². The monoisotopic (exact) mass is 407 g/mol. The fraction of sp³-hybridized carbons (Fsp3) is 0.238. The van der Waals surface area contributed by atoms with E-state index in [-0.39, 0.29) is 31.3 Å². The molecule has 9 heteroatoms. The fourth-order valence-electron chi connectivity index (χ4n) is 3.60. The van der Waals surface area contributed by atoms with Crippen LogP contribution in [0, 0.1) is 0 Å². The highest BCUT2D eigenvalue weighted by Crippen LogP contribution is 2.33. The number of para-hydroxylation sites is 3. The molecule has 2 heterocycles. The normalized spacial score (nSPS) is 17.8. The standard InChI is InChI=1S/C21H21N5O4/c27-18(23-14-6-2-1-3-7-14)12-17-20(29)24-15-8-4-5-9-16(15)26(17)13-19(28)25-11-10-22-21(25)30/h1-9,17H,10-13H2,(H,22,30)(H,23,27)(H,24,29)/t17-/m1/s1. The number of hydrogen-bond donors (Lipinski definition) is 3. The largest absolute Gasteiger partial charge is 0.348 e. The third kappa shape index (κ3) is 3.95. The summed E-state index contributed by atoms with van der Waals surface area (Å²) in [4.78, 5) is 52.7. The number of urea groups is 1. The SMILES string of the molecule is O=C(C[C@@H]1C(=O)Nc2ccccc2N1CC(=O)N1CCNC1=O)Nc1ccccc1. The van der Waals surface area contributed by atoms with Gasteiger partial charge in [0.15, 0.2) is 0 Å². The van der Waals surface area contributed by atoms with Crippen molar-refractivity contribution in [2.45, 2.75) is 12.5 Å². The van der Waals surface area contributed by atoms with Gasteiger partial charge < -0.3 is 20.9 Å². The van der Waals surface area contributed by atoms with E-state index < -0.39 is 18.0 Å². The molecule has 0 spiro atoms. The van der Waals surface area contributed by atoms with Crippen LogP contribution in [-0.2, 0) is 14.4 Å². The van der Waals surface area contributed by atoms with E-state index in [1.807, 2.05) is 6.07 Å². The zero-order valence-electron chi connectivity index (χ0n) is 16.1. The van der Waals surface area contributed by atoms with Crippen LogP contribution in [0.1, 0.15) is 6.42 Å². The Labute approximate surface area is 173 Å². The van der Waals surface area contributed by atoms with E-state index in [4.69, 9.17) is 0 Å². The summed E-state index contributed by atoms with van der Waals surface area (Å²) < 4.78 is 0. The van der Waals surface area contributed by atoms with Gasteiger partial charge in [0.05, 0.1) is 24.3 Å². The van der Waals surface area contributed by atoms with Gasteiger partial charge in [-0.15, -0.1) is 0 Å². The molecule has 0 unspecified atom stereocenters. The van der Waals surface area contributed by atoms with E-state index >= 15 is 0 Å². The molecule has 154 valence electrons. The number of nitrogens with zero attached hydrogens (tertiary/aromatic N) is 2. The fourth-order valence-corrected chi connectivity index (χ4v) is 3.60. The maximum absolute atomic E-state index is 12.8. The van der Waals surface area contributed by atoms with Crippen LogP contribution in [0.5, 0.6) is 0 Å². The molecule has 30 heavy (non-hydrogen) atoms. The summed E-state index contributed by atoms with van der Waals surface area (Å²) in [5.74, 6) is -1.16. The Morgan fingerprint density at radius 3 is 2.50 bits per heavy atom. The molecule has 1 atom stereocenters. The average molecular weight is 407 g/mol. The summed E-state index contributed by atoms with van der Waals surface area (Å²) in [5, 5.41) is 8.15. The van der Waals surface area contributed by atoms with Crippen LogP contribution in [0.15, 0.2) is 54.6 Å². The lowest BCUT2D eigenvalue weighted by Crippen LogP contribution is -2.53. The maximum Gasteiger partial charge on any atom is 0.324 e. The number of nitrogens with one attached hydrogen (secondary N) is 3. The van der Waals surface area contributed by atoms with Crippen molar-refractivity contribution in [2.24, 2.45) is 0 Å². The Hall–Kier alpha value is -3.88. The minimum Gasteiger partial charge on any atom is -0.348 e. The molecule has 2 aliphatic rings. The second-order valence-electron chi connectivity index (χ2n) is 7.05. The number of rotatable bonds is 5. The topological polar surface area (TPSA) is 111 Å². The van der Waals surface area contributed by atoms with Crippen LogP contribution in [-0.4, -0.2) is 54.3 Å². The molecule has 0 aromatic heterocycles. The molecule has 1 saturated heterocycles. The Kier molecular flexibility index (Phi) is 5.34. The summed E-state index contributed by atoms with van der Waals surface area (Å²) in [6.07, 6.45) is -0.144. The second-order valence-corrected chi connectivity index (χ2v) is 7.05. The van der Waals surface area contributed by atoms with Crippen LogP contribution in [0.4, 0.5) is 21.9 Å². The first kappa shape index (κ1) is 19.4. The van der Waals surface area contributed by atoms with Crippen molar-refractivity contribution in [3.8, 4) is 0 Å². The Balaban J connectivity index is 1.56. The number of amides is 5. The van der Waals surface area contributed by atoms with Gasteiger partial charge in [-0.05, 0) is 24.3 Å². The minimum atomic E-state index is -0.891. The first-order valence-electron chi connectivity index (χ1n) is 9.62. The molecule has 3 N–H and O–H groups in total. The zero-order valence-corrected chi connectivity index (χ0v) is 16.1. The molecule has 0 aliphatic carbocycles. The van der Waals surface area contributed by atoms with E-state index in [1.165, 1.54) is 0 Å².